The van der Waals surface area contributed by atoms with E-state index in [1.165, 1.54) is 0 Å². The first-order valence-electron chi connectivity index (χ1n) is 6.32. The van der Waals surface area contributed by atoms with Gasteiger partial charge in [0.2, 0.25) is 5.88 Å². The van der Waals surface area contributed by atoms with Crippen LogP contribution in [0.4, 0.5) is 0 Å². The Morgan fingerprint density at radius 2 is 2.00 bits per heavy atom. The van der Waals surface area contributed by atoms with Gasteiger partial charge in [-0.2, -0.15) is 0 Å². The number of amidine groups is 1. The summed E-state index contributed by atoms with van der Waals surface area (Å²) in [5, 5.41) is 7.47. The van der Waals surface area contributed by atoms with E-state index in [1.54, 1.807) is 18.2 Å². The Balaban J connectivity index is 2.25. The number of pyridine rings is 1. The number of ether oxygens (including phenoxy) is 2. The van der Waals surface area contributed by atoms with Gasteiger partial charge < -0.3 is 15.2 Å². The van der Waals surface area contributed by atoms with Gasteiger partial charge in [0.05, 0.1) is 6.61 Å². The summed E-state index contributed by atoms with van der Waals surface area (Å²) in [6.45, 7) is 4.35. The van der Waals surface area contributed by atoms with Gasteiger partial charge in [0.15, 0.2) is 0 Å². The van der Waals surface area contributed by atoms with Crippen LogP contribution in [0, 0.1) is 12.3 Å². The van der Waals surface area contributed by atoms with Crippen molar-refractivity contribution in [1.82, 2.24) is 4.98 Å². The van der Waals surface area contributed by atoms with Gasteiger partial charge in [0.25, 0.3) is 0 Å². The first-order chi connectivity index (χ1) is 9.58. The fourth-order valence-corrected chi connectivity index (χ4v) is 1.76. The summed E-state index contributed by atoms with van der Waals surface area (Å²) < 4.78 is 11.1. The molecule has 0 fully saturated rings. The maximum Gasteiger partial charge on any atom is 0.220 e. The zero-order valence-corrected chi connectivity index (χ0v) is 11.5. The number of hydrogen-bond acceptors (Lipinski definition) is 4. The average molecular weight is 271 g/mol. The molecule has 1 heterocycles. The molecule has 0 saturated heterocycles. The largest absolute Gasteiger partial charge is 0.494 e. The first-order valence-corrected chi connectivity index (χ1v) is 6.32. The van der Waals surface area contributed by atoms with E-state index in [9.17, 15) is 0 Å². The van der Waals surface area contributed by atoms with Gasteiger partial charge in [-0.05, 0) is 32.0 Å². The fraction of sp³-hybridized carbons (Fsp3) is 0.200. The monoisotopic (exact) mass is 271 g/mol. The van der Waals surface area contributed by atoms with E-state index in [-0.39, 0.29) is 5.84 Å². The van der Waals surface area contributed by atoms with Crippen LogP contribution in [0.15, 0.2) is 36.4 Å². The summed E-state index contributed by atoms with van der Waals surface area (Å²) in [6, 6.07) is 10.7. The van der Waals surface area contributed by atoms with Crippen molar-refractivity contribution in [2.45, 2.75) is 13.8 Å². The molecule has 0 saturated carbocycles. The zero-order valence-electron chi connectivity index (χ0n) is 11.5. The van der Waals surface area contributed by atoms with E-state index >= 15 is 0 Å². The third-order valence-electron chi connectivity index (χ3n) is 2.58. The van der Waals surface area contributed by atoms with Gasteiger partial charge in [-0.1, -0.05) is 6.07 Å². The van der Waals surface area contributed by atoms with Crippen LogP contribution in [0.1, 0.15) is 18.2 Å². The average Bonchev–Trinajstić information content (AvgIpc) is 2.38. The molecule has 1 aromatic heterocycles. The summed E-state index contributed by atoms with van der Waals surface area (Å²) in [5.41, 5.74) is 6.82. The maximum absolute atomic E-state index is 7.47. The summed E-state index contributed by atoms with van der Waals surface area (Å²) in [6.07, 6.45) is 0. The lowest BCUT2D eigenvalue weighted by Gasteiger charge is -2.09. The number of hydrogen-bond donors (Lipinski definition) is 2. The van der Waals surface area contributed by atoms with Gasteiger partial charge in [-0.15, -0.1) is 0 Å². The lowest BCUT2D eigenvalue weighted by atomic mass is 10.2. The molecule has 20 heavy (non-hydrogen) atoms. The van der Waals surface area contributed by atoms with E-state index in [0.29, 0.717) is 23.8 Å². The van der Waals surface area contributed by atoms with Crippen molar-refractivity contribution in [3.05, 3.63) is 47.7 Å². The van der Waals surface area contributed by atoms with Gasteiger partial charge in [0, 0.05) is 23.4 Å². The normalized spacial score (nSPS) is 10.1. The summed E-state index contributed by atoms with van der Waals surface area (Å²) >= 11 is 0. The summed E-state index contributed by atoms with van der Waals surface area (Å²) in [4.78, 5) is 4.27. The third-order valence-corrected chi connectivity index (χ3v) is 2.58. The second kappa shape index (κ2) is 6.06. The van der Waals surface area contributed by atoms with Crippen molar-refractivity contribution in [2.75, 3.05) is 6.61 Å². The van der Waals surface area contributed by atoms with Crippen molar-refractivity contribution in [2.24, 2.45) is 5.73 Å². The number of nitrogens with zero attached hydrogens (tertiary/aromatic N) is 1. The molecule has 5 nitrogen and oxygen atoms in total. The molecule has 0 amide bonds. The fourth-order valence-electron chi connectivity index (χ4n) is 1.76. The highest BCUT2D eigenvalue weighted by Gasteiger charge is 2.05. The molecule has 3 N–H and O–H groups in total. The summed E-state index contributed by atoms with van der Waals surface area (Å²) in [7, 11) is 0. The molecular formula is C15H17N3O2. The standard InChI is InChI=1S/C15H17N3O2/c1-3-19-12-5-4-6-13(9-12)20-14-8-11(15(16)17)7-10(2)18-14/h4-9H,3H2,1-2H3,(H3,16,17). The van der Waals surface area contributed by atoms with E-state index in [1.807, 2.05) is 32.0 Å². The smallest absolute Gasteiger partial charge is 0.220 e. The lowest BCUT2D eigenvalue weighted by molar-refractivity contribution is 0.338. The number of benzene rings is 1. The molecule has 0 unspecified atom stereocenters. The number of aryl methyl sites for hydroxylation is 1. The zero-order chi connectivity index (χ0) is 14.5. The molecule has 0 aliphatic rings. The van der Waals surface area contributed by atoms with Crippen molar-refractivity contribution in [3.8, 4) is 17.4 Å². The van der Waals surface area contributed by atoms with Gasteiger partial charge in [-0.25, -0.2) is 4.98 Å². The van der Waals surface area contributed by atoms with Crippen LogP contribution in [0.25, 0.3) is 0 Å². The lowest BCUT2D eigenvalue weighted by Crippen LogP contribution is -2.11. The number of nitrogen functional groups attached to an aromatic ring is 1. The number of nitrogens with two attached hydrogens (primary N) is 1. The number of nitrogens with one attached hydrogen (secondary N) is 1. The van der Waals surface area contributed by atoms with Crippen molar-refractivity contribution in [3.63, 3.8) is 0 Å². The molecule has 2 aromatic rings. The highest BCUT2D eigenvalue weighted by atomic mass is 16.5. The van der Waals surface area contributed by atoms with Crippen LogP contribution in [0.3, 0.4) is 0 Å². The molecule has 0 bridgehead atoms. The Hall–Kier alpha value is -2.56. The Kier molecular flexibility index (Phi) is 4.20. The highest BCUT2D eigenvalue weighted by Crippen LogP contribution is 2.25. The number of rotatable bonds is 5. The predicted molar refractivity (Wildman–Crippen MR) is 77.7 cm³/mol. The van der Waals surface area contributed by atoms with Crippen LogP contribution in [0.2, 0.25) is 0 Å². The minimum absolute atomic E-state index is 0.0107. The Morgan fingerprint density at radius 1 is 1.25 bits per heavy atom. The van der Waals surface area contributed by atoms with Crippen molar-refractivity contribution >= 4 is 5.84 Å². The molecule has 0 aliphatic carbocycles. The quantitative estimate of drug-likeness (QED) is 0.647. The minimum atomic E-state index is -0.0107. The SMILES string of the molecule is CCOc1cccc(Oc2cc(C(=N)N)cc(C)n2)c1. The van der Waals surface area contributed by atoms with Gasteiger partial charge in [-0.3, -0.25) is 5.41 Å². The van der Waals surface area contributed by atoms with Gasteiger partial charge in [0.1, 0.15) is 17.3 Å². The van der Waals surface area contributed by atoms with E-state index in [0.717, 1.165) is 11.4 Å². The van der Waals surface area contributed by atoms with Crippen LogP contribution in [0.5, 0.6) is 17.4 Å². The molecule has 0 aliphatic heterocycles. The van der Waals surface area contributed by atoms with Crippen molar-refractivity contribution < 1.29 is 9.47 Å². The minimum Gasteiger partial charge on any atom is -0.494 e. The number of aromatic nitrogens is 1. The van der Waals surface area contributed by atoms with E-state index in [2.05, 4.69) is 4.98 Å². The molecule has 0 atom stereocenters. The highest BCUT2D eigenvalue weighted by molar-refractivity contribution is 5.95. The van der Waals surface area contributed by atoms with E-state index in [4.69, 9.17) is 20.6 Å². The van der Waals surface area contributed by atoms with Gasteiger partial charge >= 0.3 is 0 Å². The molecular weight excluding hydrogens is 254 g/mol. The van der Waals surface area contributed by atoms with Crippen LogP contribution in [-0.4, -0.2) is 17.4 Å². The second-order valence-electron chi connectivity index (χ2n) is 4.26. The molecule has 5 heteroatoms. The van der Waals surface area contributed by atoms with Crippen LogP contribution >= 0.6 is 0 Å². The molecule has 0 spiro atoms. The van der Waals surface area contributed by atoms with E-state index < -0.39 is 0 Å². The molecule has 1 aromatic carbocycles. The first kappa shape index (κ1) is 13.9. The van der Waals surface area contributed by atoms with Crippen molar-refractivity contribution in [1.29, 1.82) is 5.41 Å². The molecule has 2 rings (SSSR count). The summed E-state index contributed by atoms with van der Waals surface area (Å²) in [5.74, 6) is 1.76. The Labute approximate surface area is 117 Å². The predicted octanol–water partition coefficient (Wildman–Crippen LogP) is 2.87. The Morgan fingerprint density at radius 3 is 2.70 bits per heavy atom. The topological polar surface area (TPSA) is 81.2 Å². The maximum atomic E-state index is 7.47. The van der Waals surface area contributed by atoms with Crippen LogP contribution < -0.4 is 15.2 Å². The third kappa shape index (κ3) is 3.47. The molecule has 0 radical (unpaired) electrons. The second-order valence-corrected chi connectivity index (χ2v) is 4.26. The Bertz CT molecular complexity index is 626. The molecule has 104 valence electrons. The van der Waals surface area contributed by atoms with Crippen LogP contribution in [-0.2, 0) is 0 Å².